The smallest absolute Gasteiger partial charge is 0.315 e. The summed E-state index contributed by atoms with van der Waals surface area (Å²) in [5.41, 5.74) is 2.00. The third kappa shape index (κ3) is 3.93. The number of ether oxygens (including phenoxy) is 1. The van der Waals surface area contributed by atoms with Crippen molar-refractivity contribution in [1.82, 2.24) is 15.6 Å². The number of carbonyl (C=O) groups is 1. The van der Waals surface area contributed by atoms with Crippen LogP contribution < -0.4 is 10.6 Å². The molecule has 0 unspecified atom stereocenters. The minimum Gasteiger partial charge on any atom is -0.383 e. The van der Waals surface area contributed by atoms with E-state index in [9.17, 15) is 4.79 Å². The second kappa shape index (κ2) is 6.70. The molecule has 0 atom stereocenters. The van der Waals surface area contributed by atoms with Crippen LogP contribution in [0.5, 0.6) is 0 Å². The summed E-state index contributed by atoms with van der Waals surface area (Å²) in [6, 6.07) is 9.66. The van der Waals surface area contributed by atoms with Crippen molar-refractivity contribution < 1.29 is 9.53 Å². The molecule has 1 aromatic heterocycles. The van der Waals surface area contributed by atoms with Gasteiger partial charge < -0.3 is 15.4 Å². The summed E-state index contributed by atoms with van der Waals surface area (Å²) in [6.45, 7) is 1.50. The number of benzene rings is 1. The van der Waals surface area contributed by atoms with Gasteiger partial charge in [-0.25, -0.2) is 4.79 Å². The van der Waals surface area contributed by atoms with Crippen LogP contribution in [0.25, 0.3) is 10.9 Å². The number of nitrogens with zero attached hydrogens (tertiary/aromatic N) is 1. The van der Waals surface area contributed by atoms with Crippen LogP contribution in [0.3, 0.4) is 0 Å². The number of amides is 2. The molecule has 2 aromatic rings. The highest BCUT2D eigenvalue weighted by Crippen LogP contribution is 2.12. The first-order valence-corrected chi connectivity index (χ1v) is 6.14. The minimum absolute atomic E-state index is 0.191. The SMILES string of the molecule is COCCNC(=O)NCc1ccc2ncccc2c1. The molecule has 19 heavy (non-hydrogen) atoms. The van der Waals surface area contributed by atoms with Gasteiger partial charge in [0.2, 0.25) is 0 Å². The molecule has 0 radical (unpaired) electrons. The van der Waals surface area contributed by atoms with Crippen LogP contribution >= 0.6 is 0 Å². The molecule has 5 heteroatoms. The van der Waals surface area contributed by atoms with E-state index in [1.54, 1.807) is 13.3 Å². The first-order chi connectivity index (χ1) is 9.29. The second-order valence-electron chi connectivity index (χ2n) is 4.13. The van der Waals surface area contributed by atoms with Crippen molar-refractivity contribution >= 4 is 16.9 Å². The number of hydrogen-bond donors (Lipinski definition) is 2. The van der Waals surface area contributed by atoms with Crippen LogP contribution in [-0.2, 0) is 11.3 Å². The van der Waals surface area contributed by atoms with Gasteiger partial charge in [-0.1, -0.05) is 12.1 Å². The zero-order valence-corrected chi connectivity index (χ0v) is 10.8. The Labute approximate surface area is 112 Å². The van der Waals surface area contributed by atoms with Crippen molar-refractivity contribution in [2.45, 2.75) is 6.54 Å². The Morgan fingerprint density at radius 2 is 2.21 bits per heavy atom. The number of fused-ring (bicyclic) bond motifs is 1. The topological polar surface area (TPSA) is 63.2 Å². The fourth-order valence-corrected chi connectivity index (χ4v) is 1.75. The van der Waals surface area contributed by atoms with Gasteiger partial charge in [-0.3, -0.25) is 4.98 Å². The van der Waals surface area contributed by atoms with E-state index in [1.165, 1.54) is 0 Å². The maximum absolute atomic E-state index is 11.5. The van der Waals surface area contributed by atoms with Crippen LogP contribution in [0.1, 0.15) is 5.56 Å². The lowest BCUT2D eigenvalue weighted by Gasteiger charge is -2.07. The van der Waals surface area contributed by atoms with E-state index in [0.717, 1.165) is 16.5 Å². The predicted molar refractivity (Wildman–Crippen MR) is 73.9 cm³/mol. The second-order valence-corrected chi connectivity index (χ2v) is 4.13. The van der Waals surface area contributed by atoms with Crippen molar-refractivity contribution in [2.24, 2.45) is 0 Å². The van der Waals surface area contributed by atoms with Gasteiger partial charge in [-0.15, -0.1) is 0 Å². The summed E-state index contributed by atoms with van der Waals surface area (Å²) in [5.74, 6) is 0. The summed E-state index contributed by atoms with van der Waals surface area (Å²) < 4.78 is 4.85. The average molecular weight is 259 g/mol. The summed E-state index contributed by atoms with van der Waals surface area (Å²) in [6.07, 6.45) is 1.77. The zero-order chi connectivity index (χ0) is 13.5. The lowest BCUT2D eigenvalue weighted by Crippen LogP contribution is -2.36. The van der Waals surface area contributed by atoms with Crippen LogP contribution in [0.2, 0.25) is 0 Å². The molecular weight excluding hydrogens is 242 g/mol. The van der Waals surface area contributed by atoms with Gasteiger partial charge in [0.15, 0.2) is 0 Å². The highest BCUT2D eigenvalue weighted by molar-refractivity contribution is 5.79. The number of methoxy groups -OCH3 is 1. The van der Waals surface area contributed by atoms with Crippen molar-refractivity contribution in [3.63, 3.8) is 0 Å². The Bertz CT molecular complexity index is 557. The van der Waals surface area contributed by atoms with Crippen molar-refractivity contribution in [3.05, 3.63) is 42.1 Å². The van der Waals surface area contributed by atoms with E-state index >= 15 is 0 Å². The predicted octanol–water partition coefficient (Wildman–Crippen LogP) is 1.68. The van der Waals surface area contributed by atoms with E-state index < -0.39 is 0 Å². The standard InChI is InChI=1S/C14H17N3O2/c1-19-8-7-16-14(18)17-10-11-4-5-13-12(9-11)3-2-6-15-13/h2-6,9H,7-8,10H2,1H3,(H2,16,17,18). The molecule has 0 aliphatic heterocycles. The fraction of sp³-hybridized carbons (Fsp3) is 0.286. The number of nitrogens with one attached hydrogen (secondary N) is 2. The molecule has 0 aliphatic carbocycles. The van der Waals surface area contributed by atoms with Gasteiger partial charge >= 0.3 is 6.03 Å². The van der Waals surface area contributed by atoms with E-state index in [0.29, 0.717) is 19.7 Å². The Hall–Kier alpha value is -2.14. The maximum Gasteiger partial charge on any atom is 0.315 e. The summed E-state index contributed by atoms with van der Waals surface area (Å²) >= 11 is 0. The highest BCUT2D eigenvalue weighted by Gasteiger charge is 2.01. The van der Waals surface area contributed by atoms with Crippen molar-refractivity contribution in [1.29, 1.82) is 0 Å². The van der Waals surface area contributed by atoms with Crippen LogP contribution in [-0.4, -0.2) is 31.3 Å². The molecule has 100 valence electrons. The number of carbonyl (C=O) groups excluding carboxylic acids is 1. The molecule has 2 rings (SSSR count). The van der Waals surface area contributed by atoms with Gasteiger partial charge in [-0.05, 0) is 23.8 Å². The number of pyridine rings is 1. The summed E-state index contributed by atoms with van der Waals surface area (Å²) in [4.78, 5) is 15.7. The van der Waals surface area contributed by atoms with Gasteiger partial charge in [-0.2, -0.15) is 0 Å². The first kappa shape index (κ1) is 13.3. The zero-order valence-electron chi connectivity index (χ0n) is 10.8. The Balaban J connectivity index is 1.89. The molecular formula is C14H17N3O2. The molecule has 0 fully saturated rings. The number of hydrogen-bond acceptors (Lipinski definition) is 3. The van der Waals surface area contributed by atoms with Gasteiger partial charge in [0, 0.05) is 31.8 Å². The molecule has 1 heterocycles. The van der Waals surface area contributed by atoms with E-state index in [-0.39, 0.29) is 6.03 Å². The monoisotopic (exact) mass is 259 g/mol. The van der Waals surface area contributed by atoms with Crippen LogP contribution in [0.15, 0.2) is 36.5 Å². The van der Waals surface area contributed by atoms with E-state index in [4.69, 9.17) is 4.74 Å². The van der Waals surface area contributed by atoms with Crippen molar-refractivity contribution in [3.8, 4) is 0 Å². The van der Waals surface area contributed by atoms with Crippen molar-refractivity contribution in [2.75, 3.05) is 20.3 Å². The number of urea groups is 1. The lowest BCUT2D eigenvalue weighted by molar-refractivity contribution is 0.196. The number of rotatable bonds is 5. The maximum atomic E-state index is 11.5. The summed E-state index contributed by atoms with van der Waals surface area (Å²) in [7, 11) is 1.60. The van der Waals surface area contributed by atoms with Gasteiger partial charge in [0.05, 0.1) is 12.1 Å². The summed E-state index contributed by atoms with van der Waals surface area (Å²) in [5, 5.41) is 6.57. The van der Waals surface area contributed by atoms with Crippen LogP contribution in [0, 0.1) is 0 Å². The average Bonchev–Trinajstić information content (AvgIpc) is 2.45. The number of aromatic nitrogens is 1. The molecule has 0 saturated heterocycles. The van der Waals surface area contributed by atoms with Gasteiger partial charge in [0.25, 0.3) is 0 Å². The Morgan fingerprint density at radius 1 is 1.32 bits per heavy atom. The van der Waals surface area contributed by atoms with Crippen LogP contribution in [0.4, 0.5) is 4.79 Å². The third-order valence-corrected chi connectivity index (χ3v) is 2.71. The molecule has 1 aromatic carbocycles. The Kier molecular flexibility index (Phi) is 4.69. The molecule has 0 bridgehead atoms. The molecule has 2 N–H and O–H groups in total. The lowest BCUT2D eigenvalue weighted by atomic mass is 10.1. The Morgan fingerprint density at radius 3 is 3.05 bits per heavy atom. The first-order valence-electron chi connectivity index (χ1n) is 6.14. The highest BCUT2D eigenvalue weighted by atomic mass is 16.5. The molecule has 5 nitrogen and oxygen atoms in total. The molecule has 0 saturated carbocycles. The largest absolute Gasteiger partial charge is 0.383 e. The van der Waals surface area contributed by atoms with E-state index in [1.807, 2.05) is 30.3 Å². The fourth-order valence-electron chi connectivity index (χ4n) is 1.75. The quantitative estimate of drug-likeness (QED) is 0.803. The third-order valence-electron chi connectivity index (χ3n) is 2.71. The normalized spacial score (nSPS) is 10.4. The molecule has 2 amide bonds. The van der Waals surface area contributed by atoms with Gasteiger partial charge in [0.1, 0.15) is 0 Å². The minimum atomic E-state index is -0.191. The van der Waals surface area contributed by atoms with E-state index in [2.05, 4.69) is 15.6 Å². The molecule has 0 spiro atoms. The molecule has 0 aliphatic rings.